The van der Waals surface area contributed by atoms with Gasteiger partial charge in [-0.15, -0.1) is 0 Å². The monoisotopic (exact) mass is 217 g/mol. The molecule has 1 fully saturated rings. The molecule has 0 heterocycles. The van der Waals surface area contributed by atoms with Gasteiger partial charge in [-0.2, -0.15) is 0 Å². The molecule has 2 rings (SSSR count). The Labute approximate surface area is 97.0 Å². The van der Waals surface area contributed by atoms with E-state index in [4.69, 9.17) is 5.21 Å². The highest BCUT2D eigenvalue weighted by Crippen LogP contribution is 2.48. The van der Waals surface area contributed by atoms with E-state index < -0.39 is 0 Å². The Bertz CT molecular complexity index is 392. The summed E-state index contributed by atoms with van der Waals surface area (Å²) in [6.07, 6.45) is 1.12. The van der Waals surface area contributed by atoms with Gasteiger partial charge in [0.15, 0.2) is 0 Å². The Morgan fingerprint density at radius 2 is 1.94 bits per heavy atom. The summed E-state index contributed by atoms with van der Waals surface area (Å²) in [6, 6.07) is 8.84. The van der Waals surface area contributed by atoms with Gasteiger partial charge in [0.05, 0.1) is 5.71 Å². The Balaban J connectivity index is 2.08. The van der Waals surface area contributed by atoms with Crippen LogP contribution in [0.5, 0.6) is 0 Å². The number of rotatable bonds is 3. The van der Waals surface area contributed by atoms with Crippen molar-refractivity contribution in [2.45, 2.75) is 39.0 Å². The molecule has 0 aliphatic heterocycles. The van der Waals surface area contributed by atoms with Crippen LogP contribution in [0.3, 0.4) is 0 Å². The van der Waals surface area contributed by atoms with Crippen LogP contribution in [0, 0.1) is 5.92 Å². The van der Waals surface area contributed by atoms with Crippen LogP contribution in [0.25, 0.3) is 0 Å². The van der Waals surface area contributed by atoms with E-state index in [0.29, 0.717) is 17.8 Å². The lowest BCUT2D eigenvalue weighted by Gasteiger charge is -2.06. The summed E-state index contributed by atoms with van der Waals surface area (Å²) in [7, 11) is 0. The first-order valence-corrected chi connectivity index (χ1v) is 5.92. The average Bonchev–Trinajstić information content (AvgIpc) is 3.08. The van der Waals surface area contributed by atoms with Crippen molar-refractivity contribution in [2.75, 3.05) is 0 Å². The van der Waals surface area contributed by atoms with E-state index in [1.165, 1.54) is 11.1 Å². The van der Waals surface area contributed by atoms with Crippen molar-refractivity contribution in [3.63, 3.8) is 0 Å². The highest BCUT2D eigenvalue weighted by Gasteiger charge is 2.40. The van der Waals surface area contributed by atoms with Crippen molar-refractivity contribution < 1.29 is 5.21 Å². The van der Waals surface area contributed by atoms with Crippen LogP contribution in [0.4, 0.5) is 0 Å². The molecule has 0 bridgehead atoms. The first-order chi connectivity index (χ1) is 7.63. The summed E-state index contributed by atoms with van der Waals surface area (Å²) in [4.78, 5) is 0. The van der Waals surface area contributed by atoms with E-state index in [0.717, 1.165) is 12.1 Å². The molecule has 1 N–H and O–H groups in total. The first kappa shape index (κ1) is 11.2. The first-order valence-electron chi connectivity index (χ1n) is 5.92. The Morgan fingerprint density at radius 1 is 1.31 bits per heavy atom. The van der Waals surface area contributed by atoms with Gasteiger partial charge in [0.2, 0.25) is 0 Å². The van der Waals surface area contributed by atoms with Crippen LogP contribution in [0.1, 0.15) is 50.2 Å². The third kappa shape index (κ3) is 2.11. The zero-order valence-corrected chi connectivity index (χ0v) is 10.1. The zero-order valence-electron chi connectivity index (χ0n) is 10.1. The van der Waals surface area contributed by atoms with E-state index in [-0.39, 0.29) is 0 Å². The van der Waals surface area contributed by atoms with Crippen molar-refractivity contribution in [1.29, 1.82) is 0 Å². The minimum atomic E-state index is 0.454. The number of hydrogen-bond acceptors (Lipinski definition) is 2. The van der Waals surface area contributed by atoms with Crippen molar-refractivity contribution in [1.82, 2.24) is 0 Å². The summed E-state index contributed by atoms with van der Waals surface area (Å²) in [5.41, 5.74) is 3.61. The molecule has 1 aromatic carbocycles. The standard InChI is InChI=1S/C14H19NO/c1-9(2)11-4-6-12(7-5-11)14-8-13(14)10(3)15-16/h4-7,9,13-14,16H,8H2,1-3H3/b15-10-/t13-,14-/m1/s1. The molecule has 0 spiro atoms. The fraction of sp³-hybridized carbons (Fsp3) is 0.500. The molecule has 0 amide bonds. The molecule has 1 aromatic rings. The molecule has 2 atom stereocenters. The fourth-order valence-corrected chi connectivity index (χ4v) is 2.23. The highest BCUT2D eigenvalue weighted by molar-refractivity contribution is 5.87. The lowest BCUT2D eigenvalue weighted by molar-refractivity contribution is 0.316. The normalized spacial score (nSPS) is 24.9. The summed E-state index contributed by atoms with van der Waals surface area (Å²) in [5, 5.41) is 12.0. The van der Waals surface area contributed by atoms with Gasteiger partial charge in [0, 0.05) is 5.92 Å². The molecule has 2 heteroatoms. The van der Waals surface area contributed by atoms with Crippen LogP contribution >= 0.6 is 0 Å². The molecule has 0 saturated heterocycles. The maximum Gasteiger partial charge on any atom is 0.0577 e. The van der Waals surface area contributed by atoms with Gasteiger partial charge in [0.1, 0.15) is 0 Å². The third-order valence-corrected chi connectivity index (χ3v) is 3.52. The molecule has 1 aliphatic rings. The molecule has 86 valence electrons. The molecular formula is C14H19NO. The van der Waals surface area contributed by atoms with Crippen LogP contribution in [0.2, 0.25) is 0 Å². The van der Waals surface area contributed by atoms with Crippen LogP contribution in [-0.4, -0.2) is 10.9 Å². The van der Waals surface area contributed by atoms with Gasteiger partial charge in [-0.3, -0.25) is 0 Å². The second-order valence-electron chi connectivity index (χ2n) is 5.01. The molecule has 0 unspecified atom stereocenters. The van der Waals surface area contributed by atoms with Crippen molar-refractivity contribution in [3.8, 4) is 0 Å². The van der Waals surface area contributed by atoms with Gasteiger partial charge in [-0.25, -0.2) is 0 Å². The molecule has 16 heavy (non-hydrogen) atoms. The van der Waals surface area contributed by atoms with E-state index in [2.05, 4.69) is 43.3 Å². The minimum absolute atomic E-state index is 0.454. The predicted molar refractivity (Wildman–Crippen MR) is 66.3 cm³/mol. The van der Waals surface area contributed by atoms with Gasteiger partial charge in [0.25, 0.3) is 0 Å². The van der Waals surface area contributed by atoms with Gasteiger partial charge in [-0.1, -0.05) is 43.3 Å². The SMILES string of the molecule is C/C(=N/O)[C@H]1C[C@@H]1c1ccc(C(C)C)cc1. The van der Waals surface area contributed by atoms with E-state index >= 15 is 0 Å². The number of benzene rings is 1. The molecule has 0 aromatic heterocycles. The third-order valence-electron chi connectivity index (χ3n) is 3.52. The van der Waals surface area contributed by atoms with Crippen molar-refractivity contribution in [3.05, 3.63) is 35.4 Å². The summed E-state index contributed by atoms with van der Waals surface area (Å²) < 4.78 is 0. The van der Waals surface area contributed by atoms with Crippen molar-refractivity contribution >= 4 is 5.71 Å². The van der Waals surface area contributed by atoms with Crippen LogP contribution in [0.15, 0.2) is 29.4 Å². The Morgan fingerprint density at radius 3 is 2.44 bits per heavy atom. The number of hydrogen-bond donors (Lipinski definition) is 1. The van der Waals surface area contributed by atoms with E-state index in [1.54, 1.807) is 0 Å². The molecule has 1 saturated carbocycles. The molecular weight excluding hydrogens is 198 g/mol. The molecule has 1 aliphatic carbocycles. The Hall–Kier alpha value is -1.31. The van der Waals surface area contributed by atoms with Gasteiger partial charge in [-0.05, 0) is 36.3 Å². The van der Waals surface area contributed by atoms with Crippen LogP contribution < -0.4 is 0 Å². The van der Waals surface area contributed by atoms with Gasteiger partial charge >= 0.3 is 0 Å². The summed E-state index contributed by atoms with van der Waals surface area (Å²) in [6.45, 7) is 6.31. The maximum atomic E-state index is 8.71. The summed E-state index contributed by atoms with van der Waals surface area (Å²) >= 11 is 0. The second kappa shape index (κ2) is 4.28. The van der Waals surface area contributed by atoms with Gasteiger partial charge < -0.3 is 5.21 Å². The fourth-order valence-electron chi connectivity index (χ4n) is 2.23. The quantitative estimate of drug-likeness (QED) is 0.466. The van der Waals surface area contributed by atoms with E-state index in [9.17, 15) is 0 Å². The highest BCUT2D eigenvalue weighted by atomic mass is 16.4. The maximum absolute atomic E-state index is 8.71. The average molecular weight is 217 g/mol. The largest absolute Gasteiger partial charge is 0.411 e. The second-order valence-corrected chi connectivity index (χ2v) is 5.01. The topological polar surface area (TPSA) is 32.6 Å². The lowest BCUT2D eigenvalue weighted by atomic mass is 9.99. The van der Waals surface area contributed by atoms with Crippen molar-refractivity contribution in [2.24, 2.45) is 11.1 Å². The summed E-state index contributed by atoms with van der Waals surface area (Å²) in [5.74, 6) is 1.61. The molecule has 0 radical (unpaired) electrons. The predicted octanol–water partition coefficient (Wildman–Crippen LogP) is 3.76. The lowest BCUT2D eigenvalue weighted by Crippen LogP contribution is -1.96. The Kier molecular flexibility index (Phi) is 2.99. The minimum Gasteiger partial charge on any atom is -0.411 e. The zero-order chi connectivity index (χ0) is 11.7. The number of oxime groups is 1. The van der Waals surface area contributed by atoms with E-state index in [1.807, 2.05) is 6.92 Å². The molecule has 2 nitrogen and oxygen atoms in total. The van der Waals surface area contributed by atoms with Crippen LogP contribution in [-0.2, 0) is 0 Å². The smallest absolute Gasteiger partial charge is 0.0577 e. The number of nitrogens with zero attached hydrogens (tertiary/aromatic N) is 1.